The summed E-state index contributed by atoms with van der Waals surface area (Å²) in [5.41, 5.74) is 0. The molecular weight excluding hydrogens is 218 g/mol. The fourth-order valence-corrected chi connectivity index (χ4v) is 1.45. The second kappa shape index (κ2) is 8.79. The molecule has 0 aliphatic heterocycles. The van der Waals surface area contributed by atoms with Crippen molar-refractivity contribution in [1.29, 1.82) is 0 Å². The molecule has 0 heterocycles. The van der Waals surface area contributed by atoms with Crippen LogP contribution >= 0.6 is 0 Å². The molecule has 0 saturated heterocycles. The van der Waals surface area contributed by atoms with E-state index in [2.05, 4.69) is 12.2 Å². The molecule has 4 nitrogen and oxygen atoms in total. The van der Waals surface area contributed by atoms with Crippen LogP contribution in [0, 0.1) is 5.92 Å². The number of carbonyl (C=O) groups excluding carboxylic acids is 1. The summed E-state index contributed by atoms with van der Waals surface area (Å²) in [6.07, 6.45) is 6.69. The van der Waals surface area contributed by atoms with E-state index in [9.17, 15) is 9.59 Å². The minimum Gasteiger partial charge on any atom is -0.480 e. The van der Waals surface area contributed by atoms with Gasteiger partial charge in [0, 0.05) is 5.92 Å². The topological polar surface area (TPSA) is 66.4 Å². The summed E-state index contributed by atoms with van der Waals surface area (Å²) in [6.45, 7) is 5.72. The van der Waals surface area contributed by atoms with E-state index in [4.69, 9.17) is 5.11 Å². The van der Waals surface area contributed by atoms with Gasteiger partial charge in [0.25, 0.3) is 0 Å². The summed E-state index contributed by atoms with van der Waals surface area (Å²) in [4.78, 5) is 22.7. The summed E-state index contributed by atoms with van der Waals surface area (Å²) in [5, 5.41) is 11.5. The van der Waals surface area contributed by atoms with Gasteiger partial charge in [0.15, 0.2) is 0 Å². The number of carboxylic acid groups (broad SMARTS) is 1. The van der Waals surface area contributed by atoms with Crippen LogP contribution in [0.2, 0.25) is 0 Å². The van der Waals surface area contributed by atoms with Gasteiger partial charge in [-0.3, -0.25) is 4.79 Å². The molecule has 0 aromatic carbocycles. The van der Waals surface area contributed by atoms with E-state index in [0.29, 0.717) is 6.42 Å². The van der Waals surface area contributed by atoms with Gasteiger partial charge in [0.2, 0.25) is 5.91 Å². The molecule has 0 aliphatic rings. The summed E-state index contributed by atoms with van der Waals surface area (Å²) in [5.74, 6) is -1.28. The third-order valence-corrected chi connectivity index (χ3v) is 2.66. The SMILES string of the molecule is C/C=C/CC(NC(=O)C(C)CCCC)C(=O)O. The Kier molecular flexibility index (Phi) is 8.11. The lowest BCUT2D eigenvalue weighted by Gasteiger charge is -2.16. The van der Waals surface area contributed by atoms with Crippen LogP contribution in [0.1, 0.15) is 46.5 Å². The standard InChI is InChI=1S/C13H23NO3/c1-4-6-8-10(3)12(15)14-11(13(16)17)9-7-5-2/h5,7,10-11H,4,6,8-9H2,1-3H3,(H,14,15)(H,16,17)/b7-5+. The first-order valence-electron chi connectivity index (χ1n) is 6.17. The van der Waals surface area contributed by atoms with Gasteiger partial charge >= 0.3 is 5.97 Å². The predicted octanol–water partition coefficient (Wildman–Crippen LogP) is 2.35. The molecule has 0 aliphatic carbocycles. The van der Waals surface area contributed by atoms with Crippen molar-refractivity contribution < 1.29 is 14.7 Å². The van der Waals surface area contributed by atoms with Crippen LogP contribution in [0.5, 0.6) is 0 Å². The molecule has 2 atom stereocenters. The Hall–Kier alpha value is -1.32. The predicted molar refractivity (Wildman–Crippen MR) is 67.7 cm³/mol. The number of hydrogen-bond acceptors (Lipinski definition) is 2. The van der Waals surface area contributed by atoms with Gasteiger partial charge in [0.05, 0.1) is 0 Å². The van der Waals surface area contributed by atoms with Crippen molar-refractivity contribution in [3.8, 4) is 0 Å². The Morgan fingerprint density at radius 3 is 2.53 bits per heavy atom. The Morgan fingerprint density at radius 1 is 1.41 bits per heavy atom. The number of unbranched alkanes of at least 4 members (excludes halogenated alkanes) is 1. The van der Waals surface area contributed by atoms with Crippen LogP contribution in [0.3, 0.4) is 0 Å². The van der Waals surface area contributed by atoms with E-state index in [0.717, 1.165) is 19.3 Å². The van der Waals surface area contributed by atoms with Crippen molar-refractivity contribution in [2.24, 2.45) is 5.92 Å². The molecule has 0 fully saturated rings. The highest BCUT2D eigenvalue weighted by molar-refractivity contribution is 5.84. The van der Waals surface area contributed by atoms with Crippen molar-refractivity contribution >= 4 is 11.9 Å². The fraction of sp³-hybridized carbons (Fsp3) is 0.692. The van der Waals surface area contributed by atoms with Gasteiger partial charge in [-0.15, -0.1) is 0 Å². The van der Waals surface area contributed by atoms with E-state index in [1.807, 2.05) is 13.8 Å². The number of carboxylic acids is 1. The van der Waals surface area contributed by atoms with E-state index in [1.165, 1.54) is 0 Å². The van der Waals surface area contributed by atoms with Gasteiger partial charge in [0.1, 0.15) is 6.04 Å². The van der Waals surface area contributed by atoms with E-state index >= 15 is 0 Å². The quantitative estimate of drug-likeness (QED) is 0.641. The van der Waals surface area contributed by atoms with E-state index in [-0.39, 0.29) is 11.8 Å². The highest BCUT2D eigenvalue weighted by Crippen LogP contribution is 2.08. The minimum atomic E-state index is -0.987. The third kappa shape index (κ3) is 6.76. The molecule has 2 unspecified atom stereocenters. The van der Waals surface area contributed by atoms with Crippen LogP contribution in [-0.4, -0.2) is 23.0 Å². The van der Waals surface area contributed by atoms with E-state index in [1.54, 1.807) is 12.2 Å². The second-order valence-electron chi connectivity index (χ2n) is 4.25. The normalized spacial score (nSPS) is 14.5. The molecule has 0 rings (SSSR count). The third-order valence-electron chi connectivity index (χ3n) is 2.66. The number of nitrogens with one attached hydrogen (secondary N) is 1. The minimum absolute atomic E-state index is 0.123. The largest absolute Gasteiger partial charge is 0.480 e. The van der Waals surface area contributed by atoms with Crippen LogP contribution in [0.15, 0.2) is 12.2 Å². The molecule has 17 heavy (non-hydrogen) atoms. The van der Waals surface area contributed by atoms with Crippen LogP contribution < -0.4 is 5.32 Å². The highest BCUT2D eigenvalue weighted by Gasteiger charge is 2.21. The Bertz CT molecular complexity index is 274. The number of aliphatic carboxylic acids is 1. The molecular formula is C13H23NO3. The summed E-state index contributed by atoms with van der Waals surface area (Å²) in [6, 6.07) is -0.817. The molecule has 0 aromatic rings. The van der Waals surface area contributed by atoms with Gasteiger partial charge in [-0.25, -0.2) is 4.79 Å². The number of hydrogen-bond donors (Lipinski definition) is 2. The van der Waals surface area contributed by atoms with Crippen molar-refractivity contribution in [3.63, 3.8) is 0 Å². The molecule has 0 saturated carbocycles. The first-order valence-corrected chi connectivity index (χ1v) is 6.17. The number of rotatable bonds is 8. The van der Waals surface area contributed by atoms with Crippen molar-refractivity contribution in [2.45, 2.75) is 52.5 Å². The number of carbonyl (C=O) groups is 2. The Morgan fingerprint density at radius 2 is 2.06 bits per heavy atom. The lowest BCUT2D eigenvalue weighted by Crippen LogP contribution is -2.42. The average Bonchev–Trinajstić information content (AvgIpc) is 2.30. The monoisotopic (exact) mass is 241 g/mol. The molecule has 2 N–H and O–H groups in total. The van der Waals surface area contributed by atoms with E-state index < -0.39 is 12.0 Å². The zero-order valence-corrected chi connectivity index (χ0v) is 10.9. The van der Waals surface area contributed by atoms with Gasteiger partial charge in [-0.05, 0) is 19.8 Å². The lowest BCUT2D eigenvalue weighted by molar-refractivity contribution is -0.142. The van der Waals surface area contributed by atoms with Crippen LogP contribution in [-0.2, 0) is 9.59 Å². The van der Waals surface area contributed by atoms with Gasteiger partial charge in [-0.2, -0.15) is 0 Å². The first-order chi connectivity index (χ1) is 8.02. The lowest BCUT2D eigenvalue weighted by atomic mass is 10.0. The van der Waals surface area contributed by atoms with Crippen molar-refractivity contribution in [3.05, 3.63) is 12.2 Å². The maximum absolute atomic E-state index is 11.7. The Balaban J connectivity index is 4.24. The van der Waals surface area contributed by atoms with Crippen molar-refractivity contribution in [2.75, 3.05) is 0 Å². The summed E-state index contributed by atoms with van der Waals surface area (Å²) < 4.78 is 0. The number of allylic oxidation sites excluding steroid dienone is 1. The Labute approximate surface area is 103 Å². The number of amides is 1. The fourth-order valence-electron chi connectivity index (χ4n) is 1.45. The molecule has 0 bridgehead atoms. The molecule has 0 radical (unpaired) electrons. The second-order valence-corrected chi connectivity index (χ2v) is 4.25. The molecule has 98 valence electrons. The van der Waals surface area contributed by atoms with Gasteiger partial charge < -0.3 is 10.4 Å². The molecule has 0 spiro atoms. The zero-order valence-electron chi connectivity index (χ0n) is 10.9. The van der Waals surface area contributed by atoms with Crippen LogP contribution in [0.4, 0.5) is 0 Å². The average molecular weight is 241 g/mol. The highest BCUT2D eigenvalue weighted by atomic mass is 16.4. The zero-order chi connectivity index (χ0) is 13.3. The maximum Gasteiger partial charge on any atom is 0.326 e. The summed E-state index contributed by atoms with van der Waals surface area (Å²) >= 11 is 0. The molecule has 0 aromatic heterocycles. The molecule has 4 heteroatoms. The van der Waals surface area contributed by atoms with Crippen LogP contribution in [0.25, 0.3) is 0 Å². The van der Waals surface area contributed by atoms with Crippen molar-refractivity contribution in [1.82, 2.24) is 5.32 Å². The van der Waals surface area contributed by atoms with Gasteiger partial charge in [-0.1, -0.05) is 38.8 Å². The molecule has 1 amide bonds. The maximum atomic E-state index is 11.7. The summed E-state index contributed by atoms with van der Waals surface area (Å²) in [7, 11) is 0. The first kappa shape index (κ1) is 15.7. The smallest absolute Gasteiger partial charge is 0.326 e.